The van der Waals surface area contributed by atoms with Crippen LogP contribution in [0.2, 0.25) is 0 Å². The lowest BCUT2D eigenvalue weighted by atomic mass is 10.3. The van der Waals surface area contributed by atoms with Crippen LogP contribution in [0.15, 0.2) is 0 Å². The molecule has 1 aliphatic rings. The third kappa shape index (κ3) is 3.15. The zero-order valence-electron chi connectivity index (χ0n) is 6.45. The summed E-state index contributed by atoms with van der Waals surface area (Å²) < 4.78 is 0. The first-order valence-electron chi connectivity index (χ1n) is 3.34. The van der Waals surface area contributed by atoms with Gasteiger partial charge >= 0.3 is 0 Å². The standard InChI is InChI=1S/C6H12N2S2.ClH/c1-5(7)6(9)8-2-3-10-4-8;/h5H,2-4,7H2,1H3;1H. The lowest BCUT2D eigenvalue weighted by Crippen LogP contribution is -2.38. The number of rotatable bonds is 1. The summed E-state index contributed by atoms with van der Waals surface area (Å²) in [6.45, 7) is 3.01. The van der Waals surface area contributed by atoms with E-state index in [1.165, 1.54) is 5.75 Å². The molecule has 0 amide bonds. The Bertz CT molecular complexity index is 135. The highest BCUT2D eigenvalue weighted by Crippen LogP contribution is 2.14. The summed E-state index contributed by atoms with van der Waals surface area (Å²) in [5.74, 6) is 2.22. The molecular weight excluding hydrogens is 200 g/mol. The number of thiocarbonyl (C=S) groups is 1. The minimum absolute atomic E-state index is 0. The van der Waals surface area contributed by atoms with Crippen LogP contribution in [-0.2, 0) is 0 Å². The van der Waals surface area contributed by atoms with Crippen LogP contribution in [0.25, 0.3) is 0 Å². The molecule has 1 rings (SSSR count). The average Bonchev–Trinajstić information content (AvgIpc) is 2.36. The third-order valence-electron chi connectivity index (χ3n) is 1.45. The fourth-order valence-corrected chi connectivity index (χ4v) is 2.08. The topological polar surface area (TPSA) is 29.3 Å². The maximum Gasteiger partial charge on any atom is 0.0953 e. The van der Waals surface area contributed by atoms with Gasteiger partial charge in [-0.3, -0.25) is 0 Å². The van der Waals surface area contributed by atoms with Crippen LogP contribution in [0.5, 0.6) is 0 Å². The van der Waals surface area contributed by atoms with Gasteiger partial charge in [0.15, 0.2) is 0 Å². The Labute approximate surface area is 83.3 Å². The number of hydrogen-bond acceptors (Lipinski definition) is 3. The molecule has 11 heavy (non-hydrogen) atoms. The van der Waals surface area contributed by atoms with Crippen LogP contribution in [0.1, 0.15) is 6.92 Å². The van der Waals surface area contributed by atoms with E-state index in [9.17, 15) is 0 Å². The van der Waals surface area contributed by atoms with Crippen LogP contribution < -0.4 is 5.73 Å². The summed E-state index contributed by atoms with van der Waals surface area (Å²) in [5, 5.41) is 0. The highest BCUT2D eigenvalue weighted by molar-refractivity contribution is 7.99. The summed E-state index contributed by atoms with van der Waals surface area (Å²) in [6.07, 6.45) is 0. The zero-order chi connectivity index (χ0) is 7.56. The van der Waals surface area contributed by atoms with Crippen LogP contribution in [0.3, 0.4) is 0 Å². The molecule has 1 heterocycles. The SMILES string of the molecule is CC(N)C(=S)N1CCSC1.Cl. The second-order valence-electron chi connectivity index (χ2n) is 2.43. The molecule has 0 aromatic heterocycles. The van der Waals surface area contributed by atoms with Crippen LogP contribution in [0.4, 0.5) is 0 Å². The number of thioether (sulfide) groups is 1. The smallest absolute Gasteiger partial charge is 0.0953 e. The highest BCUT2D eigenvalue weighted by Gasteiger charge is 2.16. The van der Waals surface area contributed by atoms with E-state index in [0.717, 1.165) is 17.4 Å². The van der Waals surface area contributed by atoms with Gasteiger partial charge in [0.05, 0.1) is 16.9 Å². The van der Waals surface area contributed by atoms with E-state index in [2.05, 4.69) is 4.90 Å². The molecule has 0 spiro atoms. The first-order chi connectivity index (χ1) is 4.72. The molecule has 1 fully saturated rings. The Balaban J connectivity index is 0.000001000. The van der Waals surface area contributed by atoms with Crippen LogP contribution in [0, 0.1) is 0 Å². The first-order valence-corrected chi connectivity index (χ1v) is 4.90. The fraction of sp³-hybridized carbons (Fsp3) is 0.833. The van der Waals surface area contributed by atoms with Crippen molar-refractivity contribution in [1.29, 1.82) is 0 Å². The maximum absolute atomic E-state index is 5.62. The molecule has 2 nitrogen and oxygen atoms in total. The number of nitrogens with zero attached hydrogens (tertiary/aromatic N) is 1. The monoisotopic (exact) mass is 212 g/mol. The largest absolute Gasteiger partial charge is 0.355 e. The van der Waals surface area contributed by atoms with E-state index >= 15 is 0 Å². The summed E-state index contributed by atoms with van der Waals surface area (Å²) >= 11 is 7.04. The van der Waals surface area contributed by atoms with Gasteiger partial charge in [-0.05, 0) is 6.92 Å². The van der Waals surface area contributed by atoms with E-state index < -0.39 is 0 Å². The van der Waals surface area contributed by atoms with Crippen molar-refractivity contribution in [3.63, 3.8) is 0 Å². The van der Waals surface area contributed by atoms with E-state index in [1.54, 1.807) is 0 Å². The first kappa shape index (κ1) is 11.5. The average molecular weight is 213 g/mol. The lowest BCUT2D eigenvalue weighted by molar-refractivity contribution is 0.533. The van der Waals surface area contributed by atoms with Gasteiger partial charge in [0.1, 0.15) is 0 Å². The molecular formula is C6H13ClN2S2. The van der Waals surface area contributed by atoms with Crippen molar-refractivity contribution < 1.29 is 0 Å². The molecule has 1 unspecified atom stereocenters. The maximum atomic E-state index is 5.62. The number of nitrogens with two attached hydrogens (primary N) is 1. The van der Waals surface area contributed by atoms with E-state index in [0.29, 0.717) is 0 Å². The molecule has 2 N–H and O–H groups in total. The summed E-state index contributed by atoms with van der Waals surface area (Å²) in [4.78, 5) is 3.08. The van der Waals surface area contributed by atoms with Gasteiger partial charge < -0.3 is 10.6 Å². The van der Waals surface area contributed by atoms with E-state index in [1.807, 2.05) is 18.7 Å². The molecule has 5 heteroatoms. The molecule has 1 atom stereocenters. The van der Waals surface area contributed by atoms with Crippen LogP contribution >= 0.6 is 36.4 Å². The van der Waals surface area contributed by atoms with Crippen molar-refractivity contribution >= 4 is 41.4 Å². The van der Waals surface area contributed by atoms with Crippen molar-refractivity contribution in [2.75, 3.05) is 18.2 Å². The molecule has 0 bridgehead atoms. The lowest BCUT2D eigenvalue weighted by Gasteiger charge is -2.19. The van der Waals surface area contributed by atoms with Gasteiger partial charge in [0, 0.05) is 12.3 Å². The molecule has 0 saturated carbocycles. The van der Waals surface area contributed by atoms with Gasteiger partial charge in [-0.2, -0.15) is 0 Å². The second kappa shape index (κ2) is 5.19. The minimum atomic E-state index is 0. The summed E-state index contributed by atoms with van der Waals surface area (Å²) in [7, 11) is 0. The number of hydrogen-bond donors (Lipinski definition) is 1. The van der Waals surface area contributed by atoms with Gasteiger partial charge in [0.25, 0.3) is 0 Å². The van der Waals surface area contributed by atoms with Crippen molar-refractivity contribution in [2.24, 2.45) is 5.73 Å². The third-order valence-corrected chi connectivity index (χ3v) is 3.05. The Morgan fingerprint density at radius 3 is 2.73 bits per heavy atom. The molecule has 66 valence electrons. The van der Waals surface area contributed by atoms with Crippen molar-refractivity contribution in [2.45, 2.75) is 13.0 Å². The molecule has 0 aliphatic carbocycles. The highest BCUT2D eigenvalue weighted by atomic mass is 35.5. The summed E-state index contributed by atoms with van der Waals surface area (Å²) in [6, 6.07) is 0.0358. The van der Waals surface area contributed by atoms with Gasteiger partial charge in [-0.25, -0.2) is 0 Å². The zero-order valence-corrected chi connectivity index (χ0v) is 8.90. The van der Waals surface area contributed by atoms with Gasteiger partial charge in [-0.15, -0.1) is 24.2 Å². The van der Waals surface area contributed by atoms with E-state index in [-0.39, 0.29) is 18.4 Å². The Kier molecular flexibility index (Phi) is 5.42. The van der Waals surface area contributed by atoms with Crippen molar-refractivity contribution in [3.05, 3.63) is 0 Å². The molecule has 0 radical (unpaired) electrons. The van der Waals surface area contributed by atoms with Gasteiger partial charge in [-0.1, -0.05) is 12.2 Å². The van der Waals surface area contributed by atoms with Crippen LogP contribution in [-0.4, -0.2) is 34.1 Å². The minimum Gasteiger partial charge on any atom is -0.355 e. The summed E-state index contributed by atoms with van der Waals surface area (Å²) in [5.41, 5.74) is 5.62. The number of halogens is 1. The second-order valence-corrected chi connectivity index (χ2v) is 3.92. The normalized spacial score (nSPS) is 19.3. The van der Waals surface area contributed by atoms with Crippen molar-refractivity contribution in [3.8, 4) is 0 Å². The predicted molar refractivity (Wildman–Crippen MR) is 57.5 cm³/mol. The molecule has 1 saturated heterocycles. The predicted octanol–water partition coefficient (Wildman–Crippen LogP) is 1.09. The molecule has 0 aromatic carbocycles. The quantitative estimate of drug-likeness (QED) is 0.659. The van der Waals surface area contributed by atoms with Crippen molar-refractivity contribution in [1.82, 2.24) is 4.90 Å². The Morgan fingerprint density at radius 1 is 1.73 bits per heavy atom. The Morgan fingerprint density at radius 2 is 2.36 bits per heavy atom. The Hall–Kier alpha value is 0.490. The molecule has 1 aliphatic heterocycles. The van der Waals surface area contributed by atoms with Gasteiger partial charge in [0.2, 0.25) is 0 Å². The molecule has 0 aromatic rings. The van der Waals surface area contributed by atoms with E-state index in [4.69, 9.17) is 18.0 Å². The fourth-order valence-electron chi connectivity index (χ4n) is 0.876.